The molecule has 1 atom stereocenters. The number of carboxylic acid groups (broad SMARTS) is 1. The van der Waals surface area contributed by atoms with E-state index in [9.17, 15) is 18.0 Å². The smallest absolute Gasteiger partial charge is 0.395 e. The first-order valence-electron chi connectivity index (χ1n) is 5.52. The summed E-state index contributed by atoms with van der Waals surface area (Å²) in [7, 11) is 0. The van der Waals surface area contributed by atoms with Gasteiger partial charge in [0.2, 0.25) is 0 Å². The second kappa shape index (κ2) is 4.63. The lowest BCUT2D eigenvalue weighted by atomic mass is 9.84. The van der Waals surface area contributed by atoms with Crippen LogP contribution in [-0.2, 0) is 4.79 Å². The van der Waals surface area contributed by atoms with Gasteiger partial charge in [0.15, 0.2) is 0 Å². The van der Waals surface area contributed by atoms with Gasteiger partial charge in [-0.3, -0.25) is 4.79 Å². The van der Waals surface area contributed by atoms with E-state index in [1.54, 1.807) is 0 Å². The first-order chi connectivity index (χ1) is 8.76. The van der Waals surface area contributed by atoms with E-state index in [4.69, 9.17) is 16.7 Å². The minimum atomic E-state index is -4.46. The van der Waals surface area contributed by atoms with Gasteiger partial charge in [0.05, 0.1) is 16.9 Å². The molecule has 0 saturated heterocycles. The lowest BCUT2D eigenvalue weighted by molar-refractivity contribution is -0.196. The molecule has 1 heterocycles. The van der Waals surface area contributed by atoms with Crippen LogP contribution < -0.4 is 0 Å². The Labute approximate surface area is 111 Å². The Morgan fingerprint density at radius 1 is 1.42 bits per heavy atom. The molecule has 1 fully saturated rings. The van der Waals surface area contributed by atoms with Crippen molar-refractivity contribution in [3.05, 3.63) is 23.2 Å². The molecule has 1 aliphatic rings. The second-order valence-corrected chi connectivity index (χ2v) is 5.00. The van der Waals surface area contributed by atoms with Crippen molar-refractivity contribution in [2.45, 2.75) is 31.4 Å². The maximum absolute atomic E-state index is 13.1. The molecule has 0 amide bonds. The van der Waals surface area contributed by atoms with Crippen LogP contribution in [0.15, 0.2) is 12.4 Å². The van der Waals surface area contributed by atoms with Crippen LogP contribution in [0.1, 0.15) is 31.0 Å². The van der Waals surface area contributed by atoms with E-state index < -0.39 is 29.9 Å². The molecule has 2 rings (SSSR count). The molecule has 1 saturated carbocycles. The molecule has 0 bridgehead atoms. The number of carboxylic acids is 1. The first kappa shape index (κ1) is 14.0. The average molecular weight is 295 g/mol. The maximum atomic E-state index is 13.1. The van der Waals surface area contributed by atoms with Crippen molar-refractivity contribution in [3.63, 3.8) is 0 Å². The number of alkyl halides is 3. The highest BCUT2D eigenvalue weighted by Gasteiger charge is 2.68. The summed E-state index contributed by atoms with van der Waals surface area (Å²) in [4.78, 5) is 18.3. The van der Waals surface area contributed by atoms with E-state index in [2.05, 4.69) is 9.97 Å². The molecule has 1 aromatic rings. The fraction of sp³-hybridized carbons (Fsp3) is 0.545. The van der Waals surface area contributed by atoms with E-state index in [-0.39, 0.29) is 23.7 Å². The fourth-order valence-corrected chi connectivity index (χ4v) is 2.27. The average Bonchev–Trinajstić information content (AvgIpc) is 3.07. The van der Waals surface area contributed by atoms with Crippen LogP contribution in [0, 0.1) is 5.41 Å². The van der Waals surface area contributed by atoms with Crippen LogP contribution in [0.25, 0.3) is 0 Å². The molecular weight excluding hydrogens is 285 g/mol. The summed E-state index contributed by atoms with van der Waals surface area (Å²) < 4.78 is 39.3. The highest BCUT2D eigenvalue weighted by Crippen LogP contribution is 2.65. The molecule has 0 spiro atoms. The van der Waals surface area contributed by atoms with E-state index in [1.165, 1.54) is 12.4 Å². The molecule has 104 valence electrons. The van der Waals surface area contributed by atoms with Crippen molar-refractivity contribution < 1.29 is 23.1 Å². The quantitative estimate of drug-likeness (QED) is 0.927. The normalized spacial score (nSPS) is 18.9. The SMILES string of the molecule is O=C(O)C[C@H](c1ncc(Cl)cn1)C1(C(F)(F)F)CC1. The van der Waals surface area contributed by atoms with Gasteiger partial charge in [-0.1, -0.05) is 11.6 Å². The van der Waals surface area contributed by atoms with Crippen molar-refractivity contribution in [1.29, 1.82) is 0 Å². The molecule has 0 aliphatic heterocycles. The summed E-state index contributed by atoms with van der Waals surface area (Å²) in [6, 6.07) is 0. The molecule has 1 aliphatic carbocycles. The van der Waals surface area contributed by atoms with Crippen molar-refractivity contribution >= 4 is 17.6 Å². The van der Waals surface area contributed by atoms with Crippen molar-refractivity contribution in [2.24, 2.45) is 5.41 Å². The predicted molar refractivity (Wildman–Crippen MR) is 59.8 cm³/mol. The maximum Gasteiger partial charge on any atom is 0.395 e. The van der Waals surface area contributed by atoms with Gasteiger partial charge in [0, 0.05) is 18.3 Å². The largest absolute Gasteiger partial charge is 0.481 e. The summed E-state index contributed by atoms with van der Waals surface area (Å²) in [5.74, 6) is -2.71. The van der Waals surface area contributed by atoms with Gasteiger partial charge in [-0.2, -0.15) is 13.2 Å². The molecule has 0 unspecified atom stereocenters. The van der Waals surface area contributed by atoms with Gasteiger partial charge in [-0.15, -0.1) is 0 Å². The van der Waals surface area contributed by atoms with E-state index >= 15 is 0 Å². The molecule has 0 radical (unpaired) electrons. The van der Waals surface area contributed by atoms with Gasteiger partial charge in [-0.05, 0) is 12.8 Å². The Balaban J connectivity index is 2.37. The minimum Gasteiger partial charge on any atom is -0.481 e. The van der Waals surface area contributed by atoms with Crippen LogP contribution in [-0.4, -0.2) is 27.2 Å². The zero-order valence-corrected chi connectivity index (χ0v) is 10.4. The number of aliphatic carboxylic acids is 1. The number of nitrogens with zero attached hydrogens (tertiary/aromatic N) is 2. The Bertz CT molecular complexity index is 486. The summed E-state index contributed by atoms with van der Waals surface area (Å²) in [6.45, 7) is 0. The number of halogens is 4. The Morgan fingerprint density at radius 3 is 2.32 bits per heavy atom. The highest BCUT2D eigenvalue weighted by molar-refractivity contribution is 6.30. The van der Waals surface area contributed by atoms with Crippen LogP contribution in [0.2, 0.25) is 5.02 Å². The van der Waals surface area contributed by atoms with Crippen LogP contribution in [0.4, 0.5) is 13.2 Å². The minimum absolute atomic E-state index is 0.0968. The third-order valence-corrected chi connectivity index (χ3v) is 3.55. The number of carbonyl (C=O) groups is 1. The van der Waals surface area contributed by atoms with Crippen molar-refractivity contribution in [3.8, 4) is 0 Å². The number of aromatic nitrogens is 2. The lowest BCUT2D eigenvalue weighted by Crippen LogP contribution is -2.33. The third kappa shape index (κ3) is 2.65. The van der Waals surface area contributed by atoms with Gasteiger partial charge >= 0.3 is 12.1 Å². The molecule has 0 aromatic carbocycles. The molecule has 19 heavy (non-hydrogen) atoms. The van der Waals surface area contributed by atoms with Crippen LogP contribution in [0.3, 0.4) is 0 Å². The fourth-order valence-electron chi connectivity index (χ4n) is 2.17. The van der Waals surface area contributed by atoms with Crippen molar-refractivity contribution in [1.82, 2.24) is 9.97 Å². The summed E-state index contributed by atoms with van der Waals surface area (Å²) in [5, 5.41) is 9.00. The topological polar surface area (TPSA) is 63.1 Å². The second-order valence-electron chi connectivity index (χ2n) is 4.56. The number of hydrogen-bond donors (Lipinski definition) is 1. The van der Waals surface area contributed by atoms with Crippen LogP contribution in [0.5, 0.6) is 0 Å². The molecule has 1 aromatic heterocycles. The van der Waals surface area contributed by atoms with Gasteiger partial charge in [0.1, 0.15) is 5.82 Å². The van der Waals surface area contributed by atoms with E-state index in [1.807, 2.05) is 0 Å². The Kier molecular flexibility index (Phi) is 3.42. The van der Waals surface area contributed by atoms with Crippen molar-refractivity contribution in [2.75, 3.05) is 0 Å². The number of rotatable bonds is 4. The molecular formula is C11H10ClF3N2O2. The van der Waals surface area contributed by atoms with Gasteiger partial charge < -0.3 is 5.11 Å². The van der Waals surface area contributed by atoms with Gasteiger partial charge in [-0.25, -0.2) is 9.97 Å². The monoisotopic (exact) mass is 294 g/mol. The Hall–Kier alpha value is -1.37. The summed E-state index contributed by atoms with van der Waals surface area (Å²) in [6.07, 6.45) is -2.96. The lowest BCUT2D eigenvalue weighted by Gasteiger charge is -2.26. The first-order valence-corrected chi connectivity index (χ1v) is 5.90. The van der Waals surface area contributed by atoms with E-state index in [0.29, 0.717) is 0 Å². The zero-order chi connectivity index (χ0) is 14.3. The van der Waals surface area contributed by atoms with Crippen LogP contribution >= 0.6 is 11.6 Å². The Morgan fingerprint density at radius 2 is 1.95 bits per heavy atom. The van der Waals surface area contributed by atoms with Gasteiger partial charge in [0.25, 0.3) is 0 Å². The molecule has 4 nitrogen and oxygen atoms in total. The molecule has 8 heteroatoms. The standard InChI is InChI=1S/C11H10ClF3N2O2/c12-6-4-16-9(17-5-6)7(3-8(18)19)10(1-2-10)11(13,14)15/h4-5,7H,1-3H2,(H,18,19)/t7-/m1/s1. The zero-order valence-electron chi connectivity index (χ0n) is 9.62. The summed E-state index contributed by atoms with van der Waals surface area (Å²) in [5.41, 5.74) is -2.01. The predicted octanol–water partition coefficient (Wildman–Crippen LogP) is 3.03. The molecule has 1 N–H and O–H groups in total. The third-order valence-electron chi connectivity index (χ3n) is 3.35. The summed E-state index contributed by atoms with van der Waals surface area (Å²) >= 11 is 5.58. The highest BCUT2D eigenvalue weighted by atomic mass is 35.5. The number of hydrogen-bond acceptors (Lipinski definition) is 3. The van der Waals surface area contributed by atoms with E-state index in [0.717, 1.165) is 0 Å².